The van der Waals surface area contributed by atoms with E-state index in [1.54, 1.807) is 6.20 Å². The van der Waals surface area contributed by atoms with Crippen LogP contribution in [0.15, 0.2) is 65.6 Å². The summed E-state index contributed by atoms with van der Waals surface area (Å²) in [6.07, 6.45) is 4.33. The molecule has 7 nitrogen and oxygen atoms in total. The topological polar surface area (TPSA) is 83.8 Å². The van der Waals surface area contributed by atoms with Crippen molar-refractivity contribution in [2.75, 3.05) is 26.7 Å². The summed E-state index contributed by atoms with van der Waals surface area (Å²) in [5.41, 5.74) is 6.58. The third-order valence-electron chi connectivity index (χ3n) is 7.31. The molecule has 2 aromatic carbocycles. The molecule has 0 spiro atoms. The molecule has 0 unspecified atom stereocenters. The van der Waals surface area contributed by atoms with Gasteiger partial charge in [0, 0.05) is 17.3 Å². The van der Waals surface area contributed by atoms with Crippen LogP contribution in [0, 0.1) is 5.92 Å². The van der Waals surface area contributed by atoms with E-state index < -0.39 is 0 Å². The number of pyridine rings is 1. The second-order valence-corrected chi connectivity index (χ2v) is 14.3. The first-order chi connectivity index (χ1) is 17.5. The van der Waals surface area contributed by atoms with Crippen LogP contribution in [0.4, 0.5) is 0 Å². The van der Waals surface area contributed by atoms with Gasteiger partial charge >= 0.3 is 137 Å². The van der Waals surface area contributed by atoms with Crippen LogP contribution in [0.3, 0.4) is 0 Å². The summed E-state index contributed by atoms with van der Waals surface area (Å²) in [5, 5.41) is 9.18. The van der Waals surface area contributed by atoms with Gasteiger partial charge in [0.25, 0.3) is 5.56 Å². The minimum absolute atomic E-state index is 0.0899. The zero-order valence-electron chi connectivity index (χ0n) is 20.6. The van der Waals surface area contributed by atoms with Gasteiger partial charge in [0.05, 0.1) is 11.3 Å². The van der Waals surface area contributed by atoms with E-state index >= 15 is 0 Å². The van der Waals surface area contributed by atoms with Crippen molar-refractivity contribution in [1.82, 2.24) is 27.7 Å². The van der Waals surface area contributed by atoms with Gasteiger partial charge in [-0.15, -0.1) is 0 Å². The molecule has 0 amide bonds. The van der Waals surface area contributed by atoms with E-state index in [1.165, 1.54) is 38.0 Å². The van der Waals surface area contributed by atoms with Crippen molar-refractivity contribution in [1.29, 1.82) is 0 Å². The van der Waals surface area contributed by atoms with Gasteiger partial charge in [0.1, 0.15) is 0 Å². The number of aromatic nitrogens is 4. The monoisotopic (exact) mass is 667 g/mol. The fourth-order valence-electron chi connectivity index (χ4n) is 5.44. The third kappa shape index (κ3) is 4.92. The van der Waals surface area contributed by atoms with Crippen molar-refractivity contribution in [2.45, 2.75) is 19.4 Å². The molecular formula is C28H29HgN6O. The molecule has 1 saturated heterocycles. The van der Waals surface area contributed by atoms with E-state index in [0.717, 1.165) is 77.6 Å². The number of rotatable bonds is 6. The van der Waals surface area contributed by atoms with Crippen LogP contribution < -0.4 is 5.56 Å². The van der Waals surface area contributed by atoms with Crippen LogP contribution in [-0.4, -0.2) is 54.4 Å². The molecule has 0 atom stereocenters. The van der Waals surface area contributed by atoms with Crippen LogP contribution in [-0.2, 0) is 33.0 Å². The maximum absolute atomic E-state index is 12.9. The molecular weight excluding hydrogens is 637 g/mol. The van der Waals surface area contributed by atoms with Crippen LogP contribution in [0.2, 0.25) is 0 Å². The molecule has 6 rings (SSSR count). The summed E-state index contributed by atoms with van der Waals surface area (Å²) in [5.74, 6) is 0.856. The Bertz CT molecular complexity index is 1560. The van der Waals surface area contributed by atoms with E-state index in [0.29, 0.717) is 5.56 Å². The van der Waals surface area contributed by atoms with Crippen LogP contribution in [0.1, 0.15) is 18.4 Å². The Labute approximate surface area is 226 Å². The van der Waals surface area contributed by atoms with Gasteiger partial charge in [-0.1, -0.05) is 6.07 Å². The summed E-state index contributed by atoms with van der Waals surface area (Å²) < 4.78 is 2.50. The van der Waals surface area contributed by atoms with Crippen molar-refractivity contribution in [2.24, 2.45) is 5.92 Å². The molecule has 5 aromatic rings. The summed E-state index contributed by atoms with van der Waals surface area (Å²) in [4.78, 5) is 22.0. The number of benzene rings is 2. The number of aromatic amines is 3. The average Bonchev–Trinajstić information content (AvgIpc) is 3.54. The fourth-order valence-corrected chi connectivity index (χ4v) is 6.86. The zero-order valence-corrected chi connectivity index (χ0v) is 26.0. The second-order valence-electron chi connectivity index (χ2n) is 10.1. The van der Waals surface area contributed by atoms with E-state index in [-0.39, 0.29) is 5.56 Å². The van der Waals surface area contributed by atoms with Gasteiger partial charge in [0.15, 0.2) is 0 Å². The van der Waals surface area contributed by atoms with E-state index in [9.17, 15) is 4.79 Å². The Morgan fingerprint density at radius 3 is 2.53 bits per heavy atom. The molecule has 3 N–H and O–H groups in total. The average molecular weight is 666 g/mol. The molecule has 1 fully saturated rings. The Morgan fingerprint density at radius 2 is 1.75 bits per heavy atom. The van der Waals surface area contributed by atoms with Crippen molar-refractivity contribution in [3.8, 4) is 22.5 Å². The van der Waals surface area contributed by atoms with E-state index in [1.807, 2.05) is 24.3 Å². The SMILES string of the molecule is C[N]([Hg])CC1CCN(Cc2ccc3[nH]c(-c4cc5cc(-c6ccn[nH]6)ccc5[nH]c4=O)cc3c2)CC1. The molecule has 8 heteroatoms. The number of hydrogen-bond acceptors (Lipinski definition) is 4. The number of hydrogen-bond donors (Lipinski definition) is 3. The molecule has 0 radical (unpaired) electrons. The molecule has 4 heterocycles. The number of nitrogens with zero attached hydrogens (tertiary/aromatic N) is 3. The molecule has 36 heavy (non-hydrogen) atoms. The third-order valence-corrected chi connectivity index (χ3v) is 8.32. The molecule has 0 bridgehead atoms. The fraction of sp³-hybridized carbons (Fsp3) is 0.286. The van der Waals surface area contributed by atoms with Gasteiger partial charge < -0.3 is 4.98 Å². The summed E-state index contributed by atoms with van der Waals surface area (Å²) >= 11 is 0.737. The van der Waals surface area contributed by atoms with Crippen molar-refractivity contribution in [3.63, 3.8) is 0 Å². The van der Waals surface area contributed by atoms with Crippen molar-refractivity contribution >= 4 is 21.8 Å². The quantitative estimate of drug-likeness (QED) is 0.230. The Balaban J connectivity index is 1.25. The van der Waals surface area contributed by atoms with Crippen LogP contribution in [0.5, 0.6) is 0 Å². The second kappa shape index (κ2) is 9.96. The number of fused-ring (bicyclic) bond motifs is 2. The van der Waals surface area contributed by atoms with Crippen LogP contribution in [0.25, 0.3) is 44.3 Å². The molecule has 179 valence electrons. The Hall–Kier alpha value is -2.74. The number of likely N-dealkylation sites (tertiary alicyclic amines) is 1. The predicted molar refractivity (Wildman–Crippen MR) is 140 cm³/mol. The van der Waals surface area contributed by atoms with Gasteiger partial charge in [-0.3, -0.25) is 9.89 Å². The normalized spacial score (nSPS) is 15.4. The first-order valence-corrected chi connectivity index (χ1v) is 15.0. The standard InChI is InChI=1S/C28H29N6O.Hg/c1-29-16-18-7-10-34(11-8-18)17-19-2-4-24-21(12-19)15-27(31-24)23-14-22-13-20(26-6-9-30-33-26)3-5-25(22)32-28(23)35;/h2-6,9,12-15,18,31H,7-8,10-11,16-17H2,1H3,(H,30,33)(H,32,35);/q-1;+1. The van der Waals surface area contributed by atoms with Crippen LogP contribution >= 0.6 is 0 Å². The van der Waals surface area contributed by atoms with Gasteiger partial charge in [-0.05, 0) is 29.7 Å². The van der Waals surface area contributed by atoms with E-state index in [4.69, 9.17) is 0 Å². The predicted octanol–water partition coefficient (Wildman–Crippen LogP) is 4.67. The van der Waals surface area contributed by atoms with Crippen molar-refractivity contribution < 1.29 is 26.4 Å². The zero-order chi connectivity index (χ0) is 24.6. The maximum atomic E-state index is 12.9. The van der Waals surface area contributed by atoms with E-state index in [2.05, 4.69) is 65.1 Å². The van der Waals surface area contributed by atoms with Crippen molar-refractivity contribution in [3.05, 3.63) is 76.7 Å². The molecule has 0 aliphatic carbocycles. The molecule has 1 aliphatic rings. The summed E-state index contributed by atoms with van der Waals surface area (Å²) in [6.45, 7) is 4.61. The van der Waals surface area contributed by atoms with Gasteiger partial charge in [-0.2, -0.15) is 5.10 Å². The van der Waals surface area contributed by atoms with Gasteiger partial charge in [-0.25, -0.2) is 0 Å². The summed E-state index contributed by atoms with van der Waals surface area (Å²) in [7, 11) is 2.25. The first-order valence-electron chi connectivity index (χ1n) is 12.5. The molecule has 3 aromatic heterocycles. The number of H-pyrrole nitrogens is 3. The minimum atomic E-state index is -0.0899. The van der Waals surface area contributed by atoms with Gasteiger partial charge in [0.2, 0.25) is 0 Å². The Kier molecular flexibility index (Phi) is 6.54. The number of piperidine rings is 1. The summed E-state index contributed by atoms with van der Waals surface area (Å²) in [6, 6.07) is 18.6. The first kappa shape index (κ1) is 23.6. The molecule has 0 saturated carbocycles. The number of nitrogens with one attached hydrogen (secondary N) is 3. The Morgan fingerprint density at radius 1 is 0.972 bits per heavy atom. The molecule has 1 aliphatic heterocycles.